The molecule has 0 saturated carbocycles. The Kier molecular flexibility index (Phi) is 5.49. The van der Waals surface area contributed by atoms with Gasteiger partial charge >= 0.3 is 0 Å². The Hall–Kier alpha value is -1.55. The van der Waals surface area contributed by atoms with Crippen molar-refractivity contribution in [3.05, 3.63) is 29.8 Å². The number of hydrogen-bond donors (Lipinski definition) is 1. The largest absolute Gasteiger partial charge is 0.481 e. The summed E-state index contributed by atoms with van der Waals surface area (Å²) in [6.07, 6.45) is -0.507. The van der Waals surface area contributed by atoms with Crippen molar-refractivity contribution in [3.8, 4) is 5.75 Å². The fraction of sp³-hybridized carbons (Fsp3) is 0.462. The van der Waals surface area contributed by atoms with Gasteiger partial charge in [-0.2, -0.15) is 0 Å². The molecule has 0 fully saturated rings. The molecule has 0 radical (unpaired) electrons. The van der Waals surface area contributed by atoms with Crippen molar-refractivity contribution in [2.75, 3.05) is 20.3 Å². The quantitative estimate of drug-likeness (QED) is 0.763. The van der Waals surface area contributed by atoms with E-state index in [0.29, 0.717) is 13.2 Å². The third kappa shape index (κ3) is 4.44. The molecule has 0 heterocycles. The van der Waals surface area contributed by atoms with Crippen LogP contribution in [0, 0.1) is 6.92 Å². The predicted molar refractivity (Wildman–Crippen MR) is 66.2 cm³/mol. The van der Waals surface area contributed by atoms with E-state index in [1.807, 2.05) is 31.2 Å². The minimum atomic E-state index is -0.507. The Bertz CT molecular complexity index is 365. The van der Waals surface area contributed by atoms with E-state index in [-0.39, 0.29) is 5.91 Å². The Balaban J connectivity index is 2.46. The van der Waals surface area contributed by atoms with E-state index in [1.165, 1.54) is 0 Å². The van der Waals surface area contributed by atoms with E-state index in [2.05, 4.69) is 5.32 Å². The second-order valence-electron chi connectivity index (χ2n) is 3.81. The minimum Gasteiger partial charge on any atom is -0.481 e. The van der Waals surface area contributed by atoms with Gasteiger partial charge in [-0.3, -0.25) is 4.79 Å². The van der Waals surface area contributed by atoms with Crippen LogP contribution >= 0.6 is 0 Å². The number of nitrogens with one attached hydrogen (secondary N) is 1. The van der Waals surface area contributed by atoms with Crippen LogP contribution in [0.3, 0.4) is 0 Å². The van der Waals surface area contributed by atoms with Crippen molar-refractivity contribution < 1.29 is 14.3 Å². The van der Waals surface area contributed by atoms with Gasteiger partial charge in [0, 0.05) is 13.7 Å². The molecule has 0 aliphatic heterocycles. The Morgan fingerprint density at radius 1 is 1.41 bits per heavy atom. The molecule has 1 rings (SSSR count). The molecule has 0 bridgehead atoms. The molecule has 1 N–H and O–H groups in total. The van der Waals surface area contributed by atoms with Gasteiger partial charge in [0.1, 0.15) is 5.75 Å². The number of rotatable bonds is 6. The van der Waals surface area contributed by atoms with Crippen LogP contribution in [0.5, 0.6) is 5.75 Å². The lowest BCUT2D eigenvalue weighted by molar-refractivity contribution is -0.127. The third-order valence-electron chi connectivity index (χ3n) is 2.37. The van der Waals surface area contributed by atoms with E-state index in [1.54, 1.807) is 14.0 Å². The molecule has 0 aliphatic carbocycles. The second-order valence-corrected chi connectivity index (χ2v) is 3.81. The van der Waals surface area contributed by atoms with Gasteiger partial charge in [0.15, 0.2) is 6.10 Å². The normalized spacial score (nSPS) is 11.9. The van der Waals surface area contributed by atoms with Crippen LogP contribution in [0.15, 0.2) is 24.3 Å². The topological polar surface area (TPSA) is 47.6 Å². The number of amides is 1. The highest BCUT2D eigenvalue weighted by Crippen LogP contribution is 2.17. The first kappa shape index (κ1) is 13.5. The molecule has 17 heavy (non-hydrogen) atoms. The van der Waals surface area contributed by atoms with Crippen LogP contribution in [0.2, 0.25) is 0 Å². The Morgan fingerprint density at radius 2 is 2.12 bits per heavy atom. The molecule has 94 valence electrons. The predicted octanol–water partition coefficient (Wildman–Crippen LogP) is 1.52. The number of methoxy groups -OCH3 is 1. The van der Waals surface area contributed by atoms with Gasteiger partial charge in [0.05, 0.1) is 6.61 Å². The highest BCUT2D eigenvalue weighted by atomic mass is 16.5. The zero-order valence-electron chi connectivity index (χ0n) is 10.5. The first-order chi connectivity index (χ1) is 8.15. The number of carbonyl (C=O) groups is 1. The maximum absolute atomic E-state index is 11.6. The summed E-state index contributed by atoms with van der Waals surface area (Å²) in [5.74, 6) is 0.604. The second kappa shape index (κ2) is 6.91. The molecular formula is C13H19NO3. The molecule has 1 aromatic carbocycles. The van der Waals surface area contributed by atoms with E-state index >= 15 is 0 Å². The van der Waals surface area contributed by atoms with E-state index in [9.17, 15) is 4.79 Å². The first-order valence-corrected chi connectivity index (χ1v) is 5.64. The summed E-state index contributed by atoms with van der Waals surface area (Å²) >= 11 is 0. The average Bonchev–Trinajstić information content (AvgIpc) is 2.32. The zero-order valence-corrected chi connectivity index (χ0v) is 10.5. The van der Waals surface area contributed by atoms with Crippen molar-refractivity contribution in [1.29, 1.82) is 0 Å². The number of ether oxygens (including phenoxy) is 2. The molecule has 1 amide bonds. The molecule has 0 saturated heterocycles. The molecule has 1 atom stereocenters. The van der Waals surface area contributed by atoms with E-state index < -0.39 is 6.10 Å². The maximum Gasteiger partial charge on any atom is 0.260 e. The highest BCUT2D eigenvalue weighted by molar-refractivity contribution is 5.80. The number of carbonyl (C=O) groups excluding carboxylic acids is 1. The lowest BCUT2D eigenvalue weighted by Gasteiger charge is -2.15. The van der Waals surface area contributed by atoms with Gasteiger partial charge in [0.2, 0.25) is 0 Å². The number of benzene rings is 1. The molecule has 0 aromatic heterocycles. The van der Waals surface area contributed by atoms with Gasteiger partial charge in [-0.05, 0) is 25.5 Å². The summed E-state index contributed by atoms with van der Waals surface area (Å²) in [5.41, 5.74) is 1.02. The van der Waals surface area contributed by atoms with Crippen LogP contribution in [-0.4, -0.2) is 32.3 Å². The van der Waals surface area contributed by atoms with E-state index in [0.717, 1.165) is 11.3 Å². The minimum absolute atomic E-state index is 0.134. The summed E-state index contributed by atoms with van der Waals surface area (Å²) in [5, 5.41) is 2.73. The zero-order chi connectivity index (χ0) is 12.7. The molecule has 1 unspecified atom stereocenters. The van der Waals surface area contributed by atoms with Crippen molar-refractivity contribution in [3.63, 3.8) is 0 Å². The van der Waals surface area contributed by atoms with Crippen LogP contribution in [0.25, 0.3) is 0 Å². The van der Waals surface area contributed by atoms with Gasteiger partial charge in [-0.1, -0.05) is 18.2 Å². The van der Waals surface area contributed by atoms with Crippen molar-refractivity contribution in [2.24, 2.45) is 0 Å². The molecule has 1 aromatic rings. The molecule has 0 spiro atoms. The van der Waals surface area contributed by atoms with Gasteiger partial charge in [-0.25, -0.2) is 0 Å². The smallest absolute Gasteiger partial charge is 0.260 e. The first-order valence-electron chi connectivity index (χ1n) is 5.64. The number of hydrogen-bond acceptors (Lipinski definition) is 3. The van der Waals surface area contributed by atoms with Gasteiger partial charge in [-0.15, -0.1) is 0 Å². The molecular weight excluding hydrogens is 218 g/mol. The average molecular weight is 237 g/mol. The van der Waals surface area contributed by atoms with Crippen molar-refractivity contribution in [2.45, 2.75) is 20.0 Å². The van der Waals surface area contributed by atoms with Crippen LogP contribution < -0.4 is 10.1 Å². The summed E-state index contributed by atoms with van der Waals surface area (Å²) in [6.45, 7) is 4.68. The fourth-order valence-corrected chi connectivity index (χ4v) is 1.35. The molecule has 4 heteroatoms. The molecule has 4 nitrogen and oxygen atoms in total. The lowest BCUT2D eigenvalue weighted by atomic mass is 10.2. The van der Waals surface area contributed by atoms with Crippen LogP contribution in [0.1, 0.15) is 12.5 Å². The van der Waals surface area contributed by atoms with Gasteiger partial charge in [0.25, 0.3) is 5.91 Å². The summed E-state index contributed by atoms with van der Waals surface area (Å²) in [7, 11) is 1.60. The van der Waals surface area contributed by atoms with Gasteiger partial charge < -0.3 is 14.8 Å². The standard InChI is InChI=1S/C13H19NO3/c1-10-6-4-5-7-12(10)17-11(2)13(15)14-8-9-16-3/h4-7,11H,8-9H2,1-3H3,(H,14,15). The Labute approximate surface area is 102 Å². The summed E-state index contributed by atoms with van der Waals surface area (Å²) in [4.78, 5) is 11.6. The van der Waals surface area contributed by atoms with E-state index in [4.69, 9.17) is 9.47 Å². The van der Waals surface area contributed by atoms with Crippen molar-refractivity contribution >= 4 is 5.91 Å². The number of para-hydroxylation sites is 1. The fourth-order valence-electron chi connectivity index (χ4n) is 1.35. The molecule has 0 aliphatic rings. The van der Waals surface area contributed by atoms with Crippen LogP contribution in [-0.2, 0) is 9.53 Å². The highest BCUT2D eigenvalue weighted by Gasteiger charge is 2.14. The number of aryl methyl sites for hydroxylation is 1. The third-order valence-corrected chi connectivity index (χ3v) is 2.37. The summed E-state index contributed by atoms with van der Waals surface area (Å²) in [6, 6.07) is 7.63. The SMILES string of the molecule is COCCNC(=O)C(C)Oc1ccccc1C. The van der Waals surface area contributed by atoms with Crippen molar-refractivity contribution in [1.82, 2.24) is 5.32 Å². The summed E-state index contributed by atoms with van der Waals surface area (Å²) < 4.78 is 10.4. The lowest BCUT2D eigenvalue weighted by Crippen LogP contribution is -2.38. The van der Waals surface area contributed by atoms with Crippen LogP contribution in [0.4, 0.5) is 0 Å². The maximum atomic E-state index is 11.6. The monoisotopic (exact) mass is 237 g/mol. The Morgan fingerprint density at radius 3 is 2.76 bits per heavy atom.